The summed E-state index contributed by atoms with van der Waals surface area (Å²) in [5.74, 6) is 0.258. The van der Waals surface area contributed by atoms with Gasteiger partial charge >= 0.3 is 0 Å². The van der Waals surface area contributed by atoms with Crippen molar-refractivity contribution < 1.29 is 9.18 Å². The zero-order valence-electron chi connectivity index (χ0n) is 13.5. The molecule has 1 amide bonds. The Bertz CT molecular complexity index is 865. The molecule has 0 radical (unpaired) electrons. The minimum absolute atomic E-state index is 0.173. The lowest BCUT2D eigenvalue weighted by atomic mass is 10.2. The number of aryl methyl sites for hydroxylation is 1. The van der Waals surface area contributed by atoms with Gasteiger partial charge in [-0.05, 0) is 18.6 Å². The van der Waals surface area contributed by atoms with Crippen molar-refractivity contribution in [2.45, 2.75) is 12.7 Å². The third-order valence-electron chi connectivity index (χ3n) is 3.42. The second-order valence-electron chi connectivity index (χ2n) is 5.41. The van der Waals surface area contributed by atoms with E-state index in [2.05, 4.69) is 15.5 Å². The number of anilines is 1. The normalized spacial score (nSPS) is 10.6. The Morgan fingerprint density at radius 3 is 2.68 bits per heavy atom. The van der Waals surface area contributed by atoms with Crippen LogP contribution >= 0.6 is 23.1 Å². The van der Waals surface area contributed by atoms with Gasteiger partial charge in [0.15, 0.2) is 0 Å². The third kappa shape index (κ3) is 4.87. The summed E-state index contributed by atoms with van der Waals surface area (Å²) >= 11 is 2.69. The monoisotopic (exact) mass is 373 g/mol. The number of halogens is 1. The Hall–Kier alpha value is -2.25. The van der Waals surface area contributed by atoms with Gasteiger partial charge in [-0.1, -0.05) is 59.4 Å². The Labute approximate surface area is 153 Å². The van der Waals surface area contributed by atoms with E-state index >= 15 is 0 Å². The summed E-state index contributed by atoms with van der Waals surface area (Å²) in [5, 5.41) is 12.1. The highest BCUT2D eigenvalue weighted by molar-refractivity contribution is 7.99. The first-order valence-corrected chi connectivity index (χ1v) is 9.60. The zero-order valence-corrected chi connectivity index (χ0v) is 15.2. The molecule has 0 bridgehead atoms. The molecule has 1 heterocycles. The van der Waals surface area contributed by atoms with Crippen LogP contribution in [0.25, 0.3) is 10.6 Å². The minimum atomic E-state index is -0.248. The molecule has 128 valence electrons. The molecule has 2 aromatic carbocycles. The Balaban J connectivity index is 1.51. The molecule has 1 aromatic heterocycles. The number of hydrogen-bond acceptors (Lipinski definition) is 5. The van der Waals surface area contributed by atoms with Crippen LogP contribution in [-0.4, -0.2) is 21.9 Å². The van der Waals surface area contributed by atoms with E-state index < -0.39 is 0 Å². The van der Waals surface area contributed by atoms with Crippen molar-refractivity contribution in [1.29, 1.82) is 0 Å². The highest BCUT2D eigenvalue weighted by Crippen LogP contribution is 2.26. The van der Waals surface area contributed by atoms with Gasteiger partial charge in [0.1, 0.15) is 10.8 Å². The van der Waals surface area contributed by atoms with Crippen LogP contribution in [0.4, 0.5) is 9.52 Å². The Kier molecular flexibility index (Phi) is 5.78. The van der Waals surface area contributed by atoms with Crippen LogP contribution in [-0.2, 0) is 10.5 Å². The molecule has 0 unspecified atom stereocenters. The fourth-order valence-electron chi connectivity index (χ4n) is 2.11. The molecule has 0 spiro atoms. The molecule has 3 rings (SSSR count). The molecule has 0 aliphatic carbocycles. The van der Waals surface area contributed by atoms with Crippen LogP contribution in [0.1, 0.15) is 11.1 Å². The standard InChI is InChI=1S/C18H16FN3OS2/c1-12-6-8-13(9-7-12)17-21-22-18(25-17)20-16(23)11-24-10-14-4-2-3-5-15(14)19/h2-9H,10-11H2,1H3,(H,20,22,23). The summed E-state index contributed by atoms with van der Waals surface area (Å²) in [6.45, 7) is 2.02. The molecular formula is C18H16FN3OS2. The minimum Gasteiger partial charge on any atom is -0.300 e. The summed E-state index contributed by atoms with van der Waals surface area (Å²) in [4.78, 5) is 12.0. The van der Waals surface area contributed by atoms with Crippen LogP contribution in [0, 0.1) is 12.7 Å². The molecule has 0 saturated carbocycles. The lowest BCUT2D eigenvalue weighted by Gasteiger charge is -2.03. The second-order valence-corrected chi connectivity index (χ2v) is 7.37. The summed E-state index contributed by atoms with van der Waals surface area (Å²) < 4.78 is 13.5. The van der Waals surface area contributed by atoms with Crippen LogP contribution in [0.15, 0.2) is 48.5 Å². The smallest absolute Gasteiger partial charge is 0.236 e. The van der Waals surface area contributed by atoms with Crippen molar-refractivity contribution in [3.8, 4) is 10.6 Å². The van der Waals surface area contributed by atoms with Gasteiger partial charge in [-0.25, -0.2) is 4.39 Å². The highest BCUT2D eigenvalue weighted by atomic mass is 32.2. The number of nitrogens with one attached hydrogen (secondary N) is 1. The van der Waals surface area contributed by atoms with Crippen LogP contribution < -0.4 is 5.32 Å². The van der Waals surface area contributed by atoms with E-state index in [0.29, 0.717) is 16.4 Å². The Morgan fingerprint density at radius 1 is 1.16 bits per heavy atom. The van der Waals surface area contributed by atoms with Gasteiger partial charge in [-0.15, -0.1) is 22.0 Å². The number of carbonyl (C=O) groups excluding carboxylic acids is 1. The van der Waals surface area contributed by atoms with E-state index in [1.165, 1.54) is 34.7 Å². The predicted octanol–water partition coefficient (Wildman–Crippen LogP) is 4.52. The van der Waals surface area contributed by atoms with Gasteiger partial charge in [0.2, 0.25) is 11.0 Å². The van der Waals surface area contributed by atoms with Gasteiger partial charge < -0.3 is 0 Å². The molecule has 0 fully saturated rings. The molecule has 7 heteroatoms. The summed E-state index contributed by atoms with van der Waals surface area (Å²) in [6, 6.07) is 14.5. The lowest BCUT2D eigenvalue weighted by molar-refractivity contribution is -0.113. The van der Waals surface area contributed by atoms with Gasteiger partial charge in [-0.3, -0.25) is 10.1 Å². The molecular weight excluding hydrogens is 357 g/mol. The molecule has 4 nitrogen and oxygen atoms in total. The van der Waals surface area contributed by atoms with Crippen molar-refractivity contribution >= 4 is 34.1 Å². The van der Waals surface area contributed by atoms with E-state index in [4.69, 9.17) is 0 Å². The SMILES string of the molecule is Cc1ccc(-c2nnc(NC(=O)CSCc3ccccc3F)s2)cc1. The first kappa shape index (κ1) is 17.6. The van der Waals surface area contributed by atoms with E-state index in [-0.39, 0.29) is 17.5 Å². The quantitative estimate of drug-likeness (QED) is 0.690. The van der Waals surface area contributed by atoms with E-state index in [1.807, 2.05) is 31.2 Å². The molecule has 0 atom stereocenters. The average Bonchev–Trinajstić information content (AvgIpc) is 3.05. The maximum atomic E-state index is 13.5. The topological polar surface area (TPSA) is 54.9 Å². The van der Waals surface area contributed by atoms with Gasteiger partial charge in [0, 0.05) is 11.3 Å². The number of benzene rings is 2. The first-order chi connectivity index (χ1) is 12.1. The first-order valence-electron chi connectivity index (χ1n) is 7.63. The zero-order chi connectivity index (χ0) is 17.6. The number of aromatic nitrogens is 2. The van der Waals surface area contributed by atoms with Crippen molar-refractivity contribution in [3.05, 3.63) is 65.5 Å². The highest BCUT2D eigenvalue weighted by Gasteiger charge is 2.10. The van der Waals surface area contributed by atoms with Crippen LogP contribution in [0.2, 0.25) is 0 Å². The molecule has 3 aromatic rings. The largest absolute Gasteiger partial charge is 0.300 e. The van der Waals surface area contributed by atoms with Gasteiger partial charge in [-0.2, -0.15) is 0 Å². The lowest BCUT2D eigenvalue weighted by Crippen LogP contribution is -2.14. The average molecular weight is 373 g/mol. The van der Waals surface area contributed by atoms with E-state index in [0.717, 1.165) is 10.6 Å². The fraction of sp³-hybridized carbons (Fsp3) is 0.167. The Morgan fingerprint density at radius 2 is 1.92 bits per heavy atom. The van der Waals surface area contributed by atoms with E-state index in [1.54, 1.807) is 18.2 Å². The number of carbonyl (C=O) groups is 1. The van der Waals surface area contributed by atoms with E-state index in [9.17, 15) is 9.18 Å². The maximum Gasteiger partial charge on any atom is 0.236 e. The number of hydrogen-bond donors (Lipinski definition) is 1. The molecule has 1 N–H and O–H groups in total. The number of rotatable bonds is 6. The van der Waals surface area contributed by atoms with Crippen molar-refractivity contribution in [2.75, 3.05) is 11.1 Å². The third-order valence-corrected chi connectivity index (χ3v) is 5.29. The number of amides is 1. The van der Waals surface area contributed by atoms with Crippen molar-refractivity contribution in [2.24, 2.45) is 0 Å². The molecule has 0 saturated heterocycles. The van der Waals surface area contributed by atoms with Gasteiger partial charge in [0.05, 0.1) is 5.75 Å². The molecule has 25 heavy (non-hydrogen) atoms. The van der Waals surface area contributed by atoms with Crippen LogP contribution in [0.5, 0.6) is 0 Å². The maximum absolute atomic E-state index is 13.5. The van der Waals surface area contributed by atoms with Gasteiger partial charge in [0.25, 0.3) is 0 Å². The summed E-state index contributed by atoms with van der Waals surface area (Å²) in [7, 11) is 0. The number of nitrogens with zero attached hydrogens (tertiary/aromatic N) is 2. The van der Waals surface area contributed by atoms with Crippen molar-refractivity contribution in [3.63, 3.8) is 0 Å². The predicted molar refractivity (Wildman–Crippen MR) is 101 cm³/mol. The summed E-state index contributed by atoms with van der Waals surface area (Å²) in [6.07, 6.45) is 0. The van der Waals surface area contributed by atoms with Crippen molar-refractivity contribution in [1.82, 2.24) is 10.2 Å². The second kappa shape index (κ2) is 8.22. The molecule has 0 aliphatic rings. The fourth-order valence-corrected chi connectivity index (χ4v) is 3.69. The number of thioether (sulfide) groups is 1. The molecule has 0 aliphatic heterocycles. The van der Waals surface area contributed by atoms with Crippen LogP contribution in [0.3, 0.4) is 0 Å². The summed E-state index contributed by atoms with van der Waals surface area (Å²) in [5.41, 5.74) is 2.74.